The summed E-state index contributed by atoms with van der Waals surface area (Å²) in [6.45, 7) is 4.10. The van der Waals surface area contributed by atoms with Crippen molar-refractivity contribution >= 4 is 56.3 Å². The molecule has 13 heteroatoms. The Balaban J connectivity index is 1.06. The molecule has 240 valence electrons. The molecule has 0 radical (unpaired) electrons. The molecule has 11 nitrogen and oxygen atoms in total. The molecule has 1 saturated heterocycles. The lowest BCUT2D eigenvalue weighted by Gasteiger charge is -2.32. The van der Waals surface area contributed by atoms with Crippen LogP contribution in [0.1, 0.15) is 36.8 Å². The normalized spacial score (nSPS) is 13.9. The number of hydrogen-bond donors (Lipinski definition) is 4. The van der Waals surface area contributed by atoms with Crippen LogP contribution in [0.15, 0.2) is 85.1 Å². The lowest BCUT2D eigenvalue weighted by atomic mass is 9.89. The molecule has 1 aliphatic rings. The number of benzene rings is 3. The van der Waals surface area contributed by atoms with Crippen LogP contribution in [0.4, 0.5) is 27.5 Å². The molecule has 0 saturated carbocycles. The molecule has 4 aromatic rings. The number of amides is 3. The molecule has 2 heterocycles. The fourth-order valence-electron chi connectivity index (χ4n) is 5.19. The Kier molecular flexibility index (Phi) is 10.4. The minimum absolute atomic E-state index is 0.252. The van der Waals surface area contributed by atoms with E-state index in [1.165, 1.54) is 12.5 Å². The lowest BCUT2D eigenvalue weighted by Crippen LogP contribution is -2.32. The van der Waals surface area contributed by atoms with Gasteiger partial charge in [-0.2, -0.15) is 0 Å². The van der Waals surface area contributed by atoms with Gasteiger partial charge < -0.3 is 20.7 Å². The number of sulfonamides is 1. The monoisotopic (exact) mass is 662 g/mol. The molecule has 3 aromatic carbocycles. The number of pyridine rings is 1. The Hall–Kier alpha value is -4.65. The van der Waals surface area contributed by atoms with Crippen LogP contribution < -0.4 is 25.4 Å². The maximum absolute atomic E-state index is 12.5. The topological polar surface area (TPSA) is 142 Å². The summed E-state index contributed by atoms with van der Waals surface area (Å²) in [5.41, 5.74) is 4.41. The molecule has 4 N–H and O–H groups in total. The zero-order valence-electron chi connectivity index (χ0n) is 25.4. The average molecular weight is 663 g/mol. The largest absolute Gasteiger partial charge is 0.439 e. The van der Waals surface area contributed by atoms with Gasteiger partial charge in [0.15, 0.2) is 0 Å². The number of nitrogens with zero attached hydrogens (tertiary/aromatic N) is 2. The van der Waals surface area contributed by atoms with E-state index >= 15 is 0 Å². The molecule has 46 heavy (non-hydrogen) atoms. The third kappa shape index (κ3) is 9.67. The number of hydrogen-bond acceptors (Lipinski definition) is 7. The minimum Gasteiger partial charge on any atom is -0.439 e. The summed E-state index contributed by atoms with van der Waals surface area (Å²) in [7, 11) is -3.33. The minimum atomic E-state index is -3.33. The highest BCUT2D eigenvalue weighted by Crippen LogP contribution is 2.30. The van der Waals surface area contributed by atoms with E-state index in [1.807, 2.05) is 30.5 Å². The van der Waals surface area contributed by atoms with Crippen molar-refractivity contribution in [2.45, 2.75) is 32.2 Å². The molecule has 0 unspecified atom stereocenters. The van der Waals surface area contributed by atoms with Crippen molar-refractivity contribution in [3.05, 3.63) is 101 Å². The van der Waals surface area contributed by atoms with Crippen molar-refractivity contribution in [2.24, 2.45) is 0 Å². The van der Waals surface area contributed by atoms with Crippen molar-refractivity contribution in [2.75, 3.05) is 40.0 Å². The second-order valence-corrected chi connectivity index (χ2v) is 13.3. The fourth-order valence-corrected chi connectivity index (χ4v) is 5.92. The van der Waals surface area contributed by atoms with Crippen molar-refractivity contribution in [3.8, 4) is 11.6 Å². The SMILES string of the molecule is CC(=O)Nc1cc(NC(=O)Nc2ccc(C3CCN(Cc4ccc(Oc5ccc(NS(C)(=O)=O)cc5)nc4)CC3)cc2)ccc1Cl. The first-order chi connectivity index (χ1) is 22.0. The zero-order valence-corrected chi connectivity index (χ0v) is 27.0. The Bertz CT molecular complexity index is 1780. The van der Waals surface area contributed by atoms with Crippen LogP contribution in [-0.4, -0.2) is 49.6 Å². The standard InChI is InChI=1S/C33H35ClN6O5S/c1-22(41)36-31-19-28(10-13-30(31)34)38-33(42)37-26-6-4-24(5-7-26)25-15-17-40(18-16-25)21-23-3-14-32(35-20-23)45-29-11-8-27(9-12-29)39-46(2,43)44/h3-14,19-20,25,39H,15-18,21H2,1-2H3,(H,36,41)(H2,37,38,42). The van der Waals surface area contributed by atoms with Gasteiger partial charge in [0.05, 0.1) is 17.0 Å². The second kappa shape index (κ2) is 14.6. The van der Waals surface area contributed by atoms with Gasteiger partial charge in [0.2, 0.25) is 21.8 Å². The van der Waals surface area contributed by atoms with Gasteiger partial charge in [0.1, 0.15) is 5.75 Å². The molecule has 0 spiro atoms. The van der Waals surface area contributed by atoms with Crippen molar-refractivity contribution in [3.63, 3.8) is 0 Å². The number of piperidine rings is 1. The molecule has 0 bridgehead atoms. The summed E-state index contributed by atoms with van der Waals surface area (Å²) in [5, 5.41) is 8.62. The number of rotatable bonds is 10. The van der Waals surface area contributed by atoms with Crippen molar-refractivity contribution in [1.29, 1.82) is 0 Å². The first-order valence-electron chi connectivity index (χ1n) is 14.7. The smallest absolute Gasteiger partial charge is 0.323 e. The van der Waals surface area contributed by atoms with Gasteiger partial charge in [0.25, 0.3) is 0 Å². The third-order valence-corrected chi connectivity index (χ3v) is 8.28. The highest BCUT2D eigenvalue weighted by molar-refractivity contribution is 7.92. The molecular formula is C33H35ClN6O5S. The summed E-state index contributed by atoms with van der Waals surface area (Å²) >= 11 is 6.11. The zero-order chi connectivity index (χ0) is 32.7. The Morgan fingerprint density at radius 2 is 1.54 bits per heavy atom. The van der Waals surface area contributed by atoms with Gasteiger partial charge in [0, 0.05) is 42.8 Å². The maximum atomic E-state index is 12.5. The predicted octanol–water partition coefficient (Wildman–Crippen LogP) is 6.88. The van der Waals surface area contributed by atoms with Crippen LogP contribution in [0.25, 0.3) is 0 Å². The first kappa shape index (κ1) is 32.7. The van der Waals surface area contributed by atoms with E-state index < -0.39 is 16.1 Å². The van der Waals surface area contributed by atoms with Gasteiger partial charge >= 0.3 is 6.03 Å². The molecule has 1 aliphatic heterocycles. The highest BCUT2D eigenvalue weighted by Gasteiger charge is 2.21. The predicted molar refractivity (Wildman–Crippen MR) is 181 cm³/mol. The molecule has 1 fully saturated rings. The van der Waals surface area contributed by atoms with Crippen LogP contribution in [0.5, 0.6) is 11.6 Å². The Morgan fingerprint density at radius 1 is 0.891 bits per heavy atom. The molecule has 1 aromatic heterocycles. The van der Waals surface area contributed by atoms with E-state index in [2.05, 4.69) is 42.7 Å². The number of anilines is 4. The number of ether oxygens (including phenoxy) is 1. The molecule has 3 amide bonds. The van der Waals surface area contributed by atoms with Crippen molar-refractivity contribution in [1.82, 2.24) is 9.88 Å². The summed E-state index contributed by atoms with van der Waals surface area (Å²) < 4.78 is 31.0. The Labute approximate surface area is 273 Å². The number of likely N-dealkylation sites (tertiary alicyclic amines) is 1. The van der Waals surface area contributed by atoms with Gasteiger partial charge in [-0.25, -0.2) is 18.2 Å². The average Bonchev–Trinajstić information content (AvgIpc) is 3.01. The van der Waals surface area contributed by atoms with Crippen molar-refractivity contribution < 1.29 is 22.7 Å². The van der Waals surface area contributed by atoms with E-state index in [0.29, 0.717) is 45.3 Å². The van der Waals surface area contributed by atoms with Gasteiger partial charge in [-0.1, -0.05) is 29.8 Å². The van der Waals surface area contributed by atoms with Crippen LogP contribution in [-0.2, 0) is 21.4 Å². The van der Waals surface area contributed by atoms with Crippen LogP contribution >= 0.6 is 11.6 Å². The number of aromatic nitrogens is 1. The molecule has 0 aliphatic carbocycles. The summed E-state index contributed by atoms with van der Waals surface area (Å²) in [4.78, 5) is 30.8. The van der Waals surface area contributed by atoms with Gasteiger partial charge in [-0.3, -0.25) is 14.4 Å². The second-order valence-electron chi connectivity index (χ2n) is 11.1. The van der Waals surface area contributed by atoms with E-state index in [4.69, 9.17) is 16.3 Å². The van der Waals surface area contributed by atoms with Crippen LogP contribution in [0.3, 0.4) is 0 Å². The molecule has 5 rings (SSSR count). The third-order valence-electron chi connectivity index (χ3n) is 7.35. The number of halogens is 1. The van der Waals surface area contributed by atoms with E-state index in [0.717, 1.165) is 44.3 Å². The fraction of sp³-hybridized carbons (Fsp3) is 0.242. The van der Waals surface area contributed by atoms with Gasteiger partial charge in [-0.15, -0.1) is 0 Å². The van der Waals surface area contributed by atoms with E-state index in [9.17, 15) is 18.0 Å². The molecular weight excluding hydrogens is 628 g/mol. The maximum Gasteiger partial charge on any atom is 0.323 e. The quantitative estimate of drug-likeness (QED) is 0.145. The molecule has 0 atom stereocenters. The summed E-state index contributed by atoms with van der Waals surface area (Å²) in [5.74, 6) is 1.21. The van der Waals surface area contributed by atoms with E-state index in [-0.39, 0.29) is 5.91 Å². The number of carbonyl (C=O) groups excluding carboxylic acids is 2. The number of nitrogens with one attached hydrogen (secondary N) is 4. The van der Waals surface area contributed by atoms with Crippen LogP contribution in [0.2, 0.25) is 5.02 Å². The highest BCUT2D eigenvalue weighted by atomic mass is 35.5. The van der Waals surface area contributed by atoms with E-state index in [1.54, 1.807) is 42.5 Å². The number of carbonyl (C=O) groups is 2. The first-order valence-corrected chi connectivity index (χ1v) is 16.9. The summed E-state index contributed by atoms with van der Waals surface area (Å²) in [6, 6.07) is 22.9. The summed E-state index contributed by atoms with van der Waals surface area (Å²) in [6.07, 6.45) is 4.97. The lowest BCUT2D eigenvalue weighted by molar-refractivity contribution is -0.114. The van der Waals surface area contributed by atoms with Gasteiger partial charge in [-0.05, 0) is 97.6 Å². The Morgan fingerprint density at radius 3 is 2.17 bits per heavy atom. The number of urea groups is 1. The van der Waals surface area contributed by atoms with Crippen LogP contribution in [0, 0.1) is 0 Å².